The molecule has 1 fully saturated rings. The zero-order valence-corrected chi connectivity index (χ0v) is 21.1. The van der Waals surface area contributed by atoms with Crippen LogP contribution in [0, 0.1) is 19.3 Å². The second-order valence-electron chi connectivity index (χ2n) is 7.45. The molecule has 3 rings (SSSR count). The molecule has 2 N–H and O–H groups in total. The molecule has 0 amide bonds. The van der Waals surface area contributed by atoms with Crippen LogP contribution in [0.15, 0.2) is 47.5 Å². The Hall–Kier alpha value is -2.44. The van der Waals surface area contributed by atoms with Crippen LogP contribution in [-0.2, 0) is 17.7 Å². The van der Waals surface area contributed by atoms with Gasteiger partial charge in [0.1, 0.15) is 24.2 Å². The minimum atomic E-state index is 0. The molecule has 2 aromatic rings. The summed E-state index contributed by atoms with van der Waals surface area (Å²) in [6, 6.07) is 14.3. The van der Waals surface area contributed by atoms with Crippen LogP contribution >= 0.6 is 24.0 Å². The Kier molecular flexibility index (Phi) is 11.2. The van der Waals surface area contributed by atoms with E-state index in [0.29, 0.717) is 13.2 Å². The maximum Gasteiger partial charge on any atom is 0.191 e. The average Bonchev–Trinajstić information content (AvgIpc) is 3.29. The van der Waals surface area contributed by atoms with Crippen molar-refractivity contribution in [1.82, 2.24) is 10.6 Å². The lowest BCUT2D eigenvalue weighted by Gasteiger charge is -2.18. The first kappa shape index (κ1) is 25.8. The predicted octanol–water partition coefficient (Wildman–Crippen LogP) is 3.70. The maximum absolute atomic E-state index is 6.18. The Bertz CT molecular complexity index is 904. The van der Waals surface area contributed by atoms with Gasteiger partial charge in [-0.2, -0.15) is 0 Å². The highest BCUT2D eigenvalue weighted by molar-refractivity contribution is 14.0. The summed E-state index contributed by atoms with van der Waals surface area (Å²) in [5.41, 5.74) is 3.49. The van der Waals surface area contributed by atoms with Gasteiger partial charge in [-0.05, 0) is 42.7 Å². The van der Waals surface area contributed by atoms with Gasteiger partial charge in [0.2, 0.25) is 0 Å². The fourth-order valence-electron chi connectivity index (χ4n) is 3.31. The molecule has 0 spiro atoms. The summed E-state index contributed by atoms with van der Waals surface area (Å²) in [7, 11) is 1.77. The fourth-order valence-corrected chi connectivity index (χ4v) is 3.31. The van der Waals surface area contributed by atoms with E-state index in [-0.39, 0.29) is 36.7 Å². The van der Waals surface area contributed by atoms with Crippen molar-refractivity contribution in [2.24, 2.45) is 4.99 Å². The SMILES string of the molecule is C#CCOc1ccc(CCNC(=NC)NCc2ccc(C)cc2OC2CCOC2)cc1.I. The molecule has 0 aromatic heterocycles. The van der Waals surface area contributed by atoms with Gasteiger partial charge in [0.15, 0.2) is 5.96 Å². The molecule has 7 heteroatoms. The molecule has 0 aliphatic carbocycles. The largest absolute Gasteiger partial charge is 0.488 e. The quantitative estimate of drug-likeness (QED) is 0.216. The molecule has 1 aliphatic rings. The van der Waals surface area contributed by atoms with Gasteiger partial charge in [0.25, 0.3) is 0 Å². The minimum absolute atomic E-state index is 0. The minimum Gasteiger partial charge on any atom is -0.488 e. The van der Waals surface area contributed by atoms with Crippen molar-refractivity contribution in [3.8, 4) is 23.8 Å². The lowest BCUT2D eigenvalue weighted by molar-refractivity contribution is 0.140. The van der Waals surface area contributed by atoms with Gasteiger partial charge < -0.3 is 24.8 Å². The van der Waals surface area contributed by atoms with Crippen molar-refractivity contribution < 1.29 is 14.2 Å². The number of terminal acetylenes is 1. The number of rotatable bonds is 9. The van der Waals surface area contributed by atoms with Crippen LogP contribution in [0.3, 0.4) is 0 Å². The molecule has 1 saturated heterocycles. The lowest BCUT2D eigenvalue weighted by Crippen LogP contribution is -2.38. The monoisotopic (exact) mass is 549 g/mol. The molecule has 0 saturated carbocycles. The number of nitrogens with zero attached hydrogens (tertiary/aromatic N) is 1. The summed E-state index contributed by atoms with van der Waals surface area (Å²) in [4.78, 5) is 4.33. The summed E-state index contributed by atoms with van der Waals surface area (Å²) < 4.78 is 17.0. The van der Waals surface area contributed by atoms with E-state index in [1.165, 1.54) is 11.1 Å². The fraction of sp³-hybridized carbons (Fsp3) is 0.400. The van der Waals surface area contributed by atoms with E-state index in [4.69, 9.17) is 20.6 Å². The highest BCUT2D eigenvalue weighted by Crippen LogP contribution is 2.23. The van der Waals surface area contributed by atoms with Crippen LogP contribution in [0.4, 0.5) is 0 Å². The molecule has 32 heavy (non-hydrogen) atoms. The van der Waals surface area contributed by atoms with E-state index in [1.54, 1.807) is 7.05 Å². The van der Waals surface area contributed by atoms with Gasteiger partial charge in [-0.25, -0.2) is 0 Å². The predicted molar refractivity (Wildman–Crippen MR) is 139 cm³/mol. The zero-order valence-electron chi connectivity index (χ0n) is 18.7. The molecule has 172 valence electrons. The Labute approximate surface area is 208 Å². The molecular formula is C25H32IN3O3. The molecule has 1 atom stereocenters. The van der Waals surface area contributed by atoms with E-state index in [1.807, 2.05) is 24.3 Å². The normalized spacial score (nSPS) is 15.4. The zero-order chi connectivity index (χ0) is 21.9. The Morgan fingerprint density at radius 3 is 2.72 bits per heavy atom. The summed E-state index contributed by atoms with van der Waals surface area (Å²) in [5.74, 6) is 4.91. The molecule has 1 unspecified atom stereocenters. The van der Waals surface area contributed by atoms with Gasteiger partial charge >= 0.3 is 0 Å². The number of aryl methyl sites for hydroxylation is 1. The standard InChI is InChI=1S/C25H31N3O3.HI/c1-4-14-30-22-9-6-20(7-10-22)11-13-27-25(26-3)28-17-21-8-5-19(2)16-24(21)31-23-12-15-29-18-23;/h1,5-10,16,23H,11-15,17-18H2,2-3H3,(H2,26,27,28);1H. The Morgan fingerprint density at radius 1 is 1.22 bits per heavy atom. The van der Waals surface area contributed by atoms with Gasteiger partial charge in [-0.3, -0.25) is 4.99 Å². The summed E-state index contributed by atoms with van der Waals surface area (Å²) in [6.45, 7) is 5.17. The number of hydrogen-bond acceptors (Lipinski definition) is 4. The van der Waals surface area contributed by atoms with Crippen LogP contribution in [0.1, 0.15) is 23.1 Å². The van der Waals surface area contributed by atoms with Gasteiger partial charge in [0.05, 0.1) is 13.2 Å². The van der Waals surface area contributed by atoms with E-state index < -0.39 is 0 Å². The molecule has 1 heterocycles. The number of hydrogen-bond donors (Lipinski definition) is 2. The van der Waals surface area contributed by atoms with Crippen molar-refractivity contribution in [2.75, 3.05) is 33.4 Å². The van der Waals surface area contributed by atoms with Crippen molar-refractivity contribution in [1.29, 1.82) is 0 Å². The van der Waals surface area contributed by atoms with Crippen molar-refractivity contribution >= 4 is 29.9 Å². The third-order valence-corrected chi connectivity index (χ3v) is 5.03. The van der Waals surface area contributed by atoms with Crippen LogP contribution in [0.5, 0.6) is 11.5 Å². The van der Waals surface area contributed by atoms with Crippen molar-refractivity contribution in [3.05, 3.63) is 59.2 Å². The summed E-state index contributed by atoms with van der Waals surface area (Å²) >= 11 is 0. The van der Waals surface area contributed by atoms with E-state index in [0.717, 1.165) is 49.0 Å². The smallest absolute Gasteiger partial charge is 0.191 e. The van der Waals surface area contributed by atoms with E-state index in [9.17, 15) is 0 Å². The van der Waals surface area contributed by atoms with E-state index in [2.05, 4.69) is 46.7 Å². The second kappa shape index (κ2) is 13.9. The number of guanidine groups is 1. The highest BCUT2D eigenvalue weighted by Gasteiger charge is 2.18. The first-order valence-corrected chi connectivity index (χ1v) is 10.6. The maximum atomic E-state index is 6.18. The van der Waals surface area contributed by atoms with Crippen molar-refractivity contribution in [2.45, 2.75) is 32.4 Å². The second-order valence-corrected chi connectivity index (χ2v) is 7.45. The van der Waals surface area contributed by atoms with E-state index >= 15 is 0 Å². The number of benzene rings is 2. The molecule has 0 bridgehead atoms. The molecular weight excluding hydrogens is 517 g/mol. The summed E-state index contributed by atoms with van der Waals surface area (Å²) in [6.07, 6.45) is 7.14. The molecule has 2 aromatic carbocycles. The molecule has 1 aliphatic heterocycles. The Balaban J connectivity index is 0.00000363. The number of aliphatic imine (C=N–C) groups is 1. The van der Waals surface area contributed by atoms with Gasteiger partial charge in [-0.1, -0.05) is 30.2 Å². The number of halogens is 1. The lowest BCUT2D eigenvalue weighted by atomic mass is 10.1. The van der Waals surface area contributed by atoms with Crippen LogP contribution in [-0.4, -0.2) is 45.5 Å². The topological polar surface area (TPSA) is 64.1 Å². The van der Waals surface area contributed by atoms with Gasteiger partial charge in [0, 0.05) is 32.1 Å². The first-order valence-electron chi connectivity index (χ1n) is 10.6. The van der Waals surface area contributed by atoms with Gasteiger partial charge in [-0.15, -0.1) is 30.4 Å². The van der Waals surface area contributed by atoms with Crippen molar-refractivity contribution in [3.63, 3.8) is 0 Å². The van der Waals surface area contributed by atoms with Crippen LogP contribution in [0.2, 0.25) is 0 Å². The van der Waals surface area contributed by atoms with Crippen LogP contribution in [0.25, 0.3) is 0 Å². The molecule has 0 radical (unpaired) electrons. The first-order chi connectivity index (χ1) is 15.2. The van der Waals surface area contributed by atoms with Crippen LogP contribution < -0.4 is 20.1 Å². The third-order valence-electron chi connectivity index (χ3n) is 5.03. The number of ether oxygens (including phenoxy) is 3. The number of nitrogens with one attached hydrogen (secondary N) is 2. The Morgan fingerprint density at radius 2 is 2.03 bits per heavy atom. The highest BCUT2D eigenvalue weighted by atomic mass is 127. The third kappa shape index (κ3) is 8.24. The molecule has 6 nitrogen and oxygen atoms in total. The summed E-state index contributed by atoms with van der Waals surface area (Å²) in [5, 5.41) is 6.74. The average molecular weight is 549 g/mol.